The molecule has 0 unspecified atom stereocenters. The molecule has 6 rings (SSSR count). The van der Waals surface area contributed by atoms with Crippen molar-refractivity contribution in [3.63, 3.8) is 0 Å². The molecule has 16 heteroatoms. The van der Waals surface area contributed by atoms with Gasteiger partial charge in [-0.2, -0.15) is 0 Å². The third kappa shape index (κ3) is 9.61. The molecular formula is C40H50IN7O8. The first-order chi connectivity index (χ1) is 26.8. The first kappa shape index (κ1) is 40.9. The van der Waals surface area contributed by atoms with E-state index in [1.807, 2.05) is 50.2 Å². The highest BCUT2D eigenvalue weighted by atomic mass is 127. The first-order valence-electron chi connectivity index (χ1n) is 19.4. The number of piperidine rings is 1. The number of amides is 7. The van der Waals surface area contributed by atoms with E-state index in [2.05, 4.69) is 43.9 Å². The summed E-state index contributed by atoms with van der Waals surface area (Å²) in [4.78, 5) is 102. The van der Waals surface area contributed by atoms with Crippen molar-refractivity contribution in [1.82, 2.24) is 30.7 Å². The Morgan fingerprint density at radius 2 is 1.59 bits per heavy atom. The molecule has 300 valence electrons. The van der Waals surface area contributed by atoms with Crippen LogP contribution in [0.25, 0.3) is 0 Å². The molecule has 4 fully saturated rings. The van der Waals surface area contributed by atoms with Gasteiger partial charge in [-0.05, 0) is 111 Å². The van der Waals surface area contributed by atoms with Crippen LogP contribution in [0.5, 0.6) is 0 Å². The number of benzene rings is 2. The predicted octanol–water partition coefficient (Wildman–Crippen LogP) is 2.49. The number of carbonyl (C=O) groups excluding carboxylic acids is 7. The highest BCUT2D eigenvalue weighted by Crippen LogP contribution is 2.28. The van der Waals surface area contributed by atoms with E-state index in [-0.39, 0.29) is 31.3 Å². The fourth-order valence-corrected chi connectivity index (χ4v) is 8.49. The number of urea groups is 1. The van der Waals surface area contributed by atoms with E-state index >= 15 is 0 Å². The van der Waals surface area contributed by atoms with Crippen molar-refractivity contribution in [2.45, 2.75) is 102 Å². The van der Waals surface area contributed by atoms with Gasteiger partial charge in [0.2, 0.25) is 29.5 Å². The lowest BCUT2D eigenvalue weighted by molar-refractivity contribution is -0.158. The predicted molar refractivity (Wildman–Crippen MR) is 214 cm³/mol. The Bertz CT molecular complexity index is 1840. The number of hydrogen-bond donors (Lipinski definition) is 4. The molecule has 0 saturated carbocycles. The van der Waals surface area contributed by atoms with Crippen LogP contribution in [0, 0.1) is 16.4 Å². The van der Waals surface area contributed by atoms with Gasteiger partial charge in [0.25, 0.3) is 0 Å². The number of halogens is 1. The van der Waals surface area contributed by atoms with E-state index in [1.165, 1.54) is 14.7 Å². The van der Waals surface area contributed by atoms with Crippen molar-refractivity contribution in [3.05, 3.63) is 63.2 Å². The second-order valence-corrected chi connectivity index (χ2v) is 16.6. The molecule has 56 heavy (non-hydrogen) atoms. The summed E-state index contributed by atoms with van der Waals surface area (Å²) in [6.45, 7) is 5.60. The summed E-state index contributed by atoms with van der Waals surface area (Å²) >= 11 is 2.15. The molecule has 0 radical (unpaired) electrons. The summed E-state index contributed by atoms with van der Waals surface area (Å²) in [5.41, 5.74) is 2.22. The fraction of sp³-hybridized carbons (Fsp3) is 0.525. The minimum Gasteiger partial charge on any atom is -0.461 e. The zero-order valence-electron chi connectivity index (χ0n) is 31.9. The zero-order chi connectivity index (χ0) is 40.1. The van der Waals surface area contributed by atoms with Gasteiger partial charge >= 0.3 is 12.0 Å². The summed E-state index contributed by atoms with van der Waals surface area (Å²) < 4.78 is 6.74. The summed E-state index contributed by atoms with van der Waals surface area (Å²) in [5, 5.41) is 11.0. The van der Waals surface area contributed by atoms with Crippen LogP contribution >= 0.6 is 22.6 Å². The Labute approximate surface area is 340 Å². The van der Waals surface area contributed by atoms with E-state index in [1.54, 1.807) is 19.1 Å². The standard InChI is InChI=1S/C40H50IN7O8/c1-23-8-6-9-26(18-23)20-29(45-40(55)43-28-14-12-27(41)13-15-28)34(49)44-30-22-56-39(54)33-19-24(2)21-48(33)36(51)25(3)42-35(50)31-10-4-5-16-46(31)38(53)32-11-7-17-47(32)37(30)52/h6,8-9,12-15,18,24-25,29-33H,4-5,7,10-11,16-17,19-22H2,1-3H3,(H,42,50)(H,44,49)(H2,43,45,55)/t24-,25-,29-,30-,31-,32-,33-/m0/s1. The van der Waals surface area contributed by atoms with Crippen LogP contribution in [0.3, 0.4) is 0 Å². The Kier molecular flexibility index (Phi) is 13.2. The highest BCUT2D eigenvalue weighted by Gasteiger charge is 2.46. The van der Waals surface area contributed by atoms with E-state index in [4.69, 9.17) is 4.74 Å². The number of rotatable bonds is 6. The van der Waals surface area contributed by atoms with E-state index < -0.39 is 78.5 Å². The Morgan fingerprint density at radius 1 is 0.875 bits per heavy atom. The summed E-state index contributed by atoms with van der Waals surface area (Å²) in [6, 6.07) is 7.68. The maximum absolute atomic E-state index is 14.5. The lowest BCUT2D eigenvalue weighted by Crippen LogP contribution is -2.62. The zero-order valence-corrected chi connectivity index (χ0v) is 34.1. The van der Waals surface area contributed by atoms with E-state index in [0.29, 0.717) is 50.8 Å². The lowest BCUT2D eigenvalue weighted by Gasteiger charge is -2.39. The topological polar surface area (TPSA) is 187 Å². The minimum absolute atomic E-state index is 0.0467. The van der Waals surface area contributed by atoms with Gasteiger partial charge in [0, 0.05) is 35.3 Å². The monoisotopic (exact) mass is 883 g/mol. The Balaban J connectivity index is 1.30. The van der Waals surface area contributed by atoms with Gasteiger partial charge in [-0.15, -0.1) is 0 Å². The molecule has 7 atom stereocenters. The van der Waals surface area contributed by atoms with Gasteiger partial charge in [-0.1, -0.05) is 36.8 Å². The number of nitrogens with zero attached hydrogens (tertiary/aromatic N) is 3. The number of ether oxygens (including phenoxy) is 1. The summed E-state index contributed by atoms with van der Waals surface area (Å²) in [7, 11) is 0. The number of hydrogen-bond acceptors (Lipinski definition) is 8. The van der Waals surface area contributed by atoms with Crippen LogP contribution in [-0.4, -0.2) is 119 Å². The van der Waals surface area contributed by atoms with Gasteiger partial charge < -0.3 is 40.7 Å². The van der Waals surface area contributed by atoms with Gasteiger partial charge in [0.1, 0.15) is 42.9 Å². The summed E-state index contributed by atoms with van der Waals surface area (Å²) in [6.07, 6.45) is 3.03. The largest absolute Gasteiger partial charge is 0.461 e. The van der Waals surface area contributed by atoms with Crippen LogP contribution < -0.4 is 21.3 Å². The van der Waals surface area contributed by atoms with E-state index in [0.717, 1.165) is 14.7 Å². The molecular weight excluding hydrogens is 833 g/mol. The Hall–Kier alpha value is -4.74. The average molecular weight is 884 g/mol. The molecule has 4 aliphatic rings. The van der Waals surface area contributed by atoms with Crippen molar-refractivity contribution in [3.8, 4) is 0 Å². The second kappa shape index (κ2) is 18.0. The molecule has 0 aromatic heterocycles. The molecule has 2 aromatic rings. The van der Waals surface area contributed by atoms with Crippen molar-refractivity contribution in [2.24, 2.45) is 5.92 Å². The van der Waals surface area contributed by atoms with Crippen molar-refractivity contribution < 1.29 is 38.3 Å². The third-order valence-electron chi connectivity index (χ3n) is 11.0. The average Bonchev–Trinajstić information content (AvgIpc) is 3.83. The molecule has 4 saturated heterocycles. The second-order valence-electron chi connectivity index (χ2n) is 15.4. The van der Waals surface area contributed by atoms with Gasteiger partial charge in [0.15, 0.2) is 0 Å². The van der Waals surface area contributed by atoms with E-state index in [9.17, 15) is 33.6 Å². The fourth-order valence-electron chi connectivity index (χ4n) is 8.13. The van der Waals surface area contributed by atoms with Gasteiger partial charge in [0.05, 0.1) is 0 Å². The lowest BCUT2D eigenvalue weighted by atomic mass is 9.99. The van der Waals surface area contributed by atoms with Crippen molar-refractivity contribution >= 4 is 69.8 Å². The van der Waals surface area contributed by atoms with Crippen LogP contribution in [0.2, 0.25) is 0 Å². The van der Waals surface area contributed by atoms with Crippen molar-refractivity contribution in [1.29, 1.82) is 0 Å². The number of fused-ring (bicyclic) bond motifs is 3. The van der Waals surface area contributed by atoms with Gasteiger partial charge in [-0.25, -0.2) is 9.59 Å². The van der Waals surface area contributed by atoms with Crippen LogP contribution in [0.15, 0.2) is 48.5 Å². The van der Waals surface area contributed by atoms with Crippen LogP contribution in [-0.2, 0) is 39.9 Å². The molecule has 4 N–H and O–H groups in total. The normalized spacial score (nSPS) is 26.7. The summed E-state index contributed by atoms with van der Waals surface area (Å²) in [5.74, 6) is -3.44. The van der Waals surface area contributed by atoms with Gasteiger partial charge in [-0.3, -0.25) is 24.0 Å². The number of aryl methyl sites for hydroxylation is 1. The number of esters is 1. The van der Waals surface area contributed by atoms with Crippen LogP contribution in [0.4, 0.5) is 10.5 Å². The molecule has 0 bridgehead atoms. The maximum Gasteiger partial charge on any atom is 0.328 e. The molecule has 0 spiro atoms. The smallest absolute Gasteiger partial charge is 0.328 e. The highest BCUT2D eigenvalue weighted by molar-refractivity contribution is 14.1. The third-order valence-corrected chi connectivity index (χ3v) is 11.7. The number of cyclic esters (lactones) is 1. The quantitative estimate of drug-likeness (QED) is 0.252. The molecule has 4 heterocycles. The number of nitrogens with one attached hydrogen (secondary N) is 4. The minimum atomic E-state index is -1.43. The molecule has 0 aliphatic carbocycles. The Morgan fingerprint density at radius 3 is 2.34 bits per heavy atom. The number of anilines is 1. The van der Waals surface area contributed by atoms with Crippen LogP contribution in [0.1, 0.15) is 63.5 Å². The van der Waals surface area contributed by atoms with Crippen molar-refractivity contribution in [2.75, 3.05) is 31.6 Å². The SMILES string of the molecule is Cc1cccc(C[C@H](NC(=O)Nc2ccc(I)cc2)C(=O)N[C@H]2COC(=O)[C@@H]3C[C@H](C)CN3C(=O)[C@H](C)NC(=O)[C@@H]3CCCCN3C(=O)[C@@H]3CCCN3C2=O)c1. The molecule has 2 aromatic carbocycles. The number of carbonyl (C=O) groups is 7. The first-order valence-corrected chi connectivity index (χ1v) is 20.4. The maximum atomic E-state index is 14.5. The molecule has 15 nitrogen and oxygen atoms in total. The molecule has 4 aliphatic heterocycles. The molecule has 7 amide bonds.